The molecule has 0 spiro atoms. The topological polar surface area (TPSA) is 72.2 Å². The van der Waals surface area contributed by atoms with Gasteiger partial charge in [-0.05, 0) is 60.5 Å². The fraction of sp³-hybridized carbons (Fsp3) is 0.333. The number of anilines is 1. The number of nitrogen functional groups attached to an aromatic ring is 1. The van der Waals surface area contributed by atoms with E-state index in [1.807, 2.05) is 25.3 Å². The normalized spacial score (nSPS) is 11.8. The quantitative estimate of drug-likeness (QED) is 0.831. The fourth-order valence-corrected chi connectivity index (χ4v) is 4.21. The summed E-state index contributed by atoms with van der Waals surface area (Å²) in [5, 5.41) is 1.98. The number of nitrogens with one attached hydrogen (secondary N) is 1. The molecule has 1 aromatic heterocycles. The molecule has 1 aromatic carbocycles. The Hall–Kier alpha value is -1.37. The van der Waals surface area contributed by atoms with Crippen LogP contribution in [0.2, 0.25) is 0 Å². The SMILES string of the molecule is CCc1ccsc1CNS(=O)(=O)c1cc(C)c(C)c(N)c1. The van der Waals surface area contributed by atoms with Crippen LogP contribution in [0.3, 0.4) is 0 Å². The van der Waals surface area contributed by atoms with Gasteiger partial charge in [0.05, 0.1) is 4.90 Å². The van der Waals surface area contributed by atoms with Crippen LogP contribution >= 0.6 is 11.3 Å². The van der Waals surface area contributed by atoms with Crippen LogP contribution in [0.5, 0.6) is 0 Å². The Labute approximate surface area is 130 Å². The first-order valence-corrected chi connectivity index (χ1v) is 9.13. The molecule has 0 bridgehead atoms. The minimum absolute atomic E-state index is 0.220. The molecular weight excluding hydrogens is 304 g/mol. The van der Waals surface area contributed by atoms with Crippen LogP contribution in [0.4, 0.5) is 5.69 Å². The van der Waals surface area contributed by atoms with Gasteiger partial charge in [-0.2, -0.15) is 0 Å². The fourth-order valence-electron chi connectivity index (χ4n) is 2.09. The lowest BCUT2D eigenvalue weighted by Gasteiger charge is -2.11. The molecule has 3 N–H and O–H groups in total. The number of hydrogen-bond donors (Lipinski definition) is 2. The second kappa shape index (κ2) is 6.17. The first kappa shape index (κ1) is 16.0. The maximum absolute atomic E-state index is 12.4. The molecule has 114 valence electrons. The highest BCUT2D eigenvalue weighted by Gasteiger charge is 2.17. The lowest BCUT2D eigenvalue weighted by molar-refractivity contribution is 0.581. The minimum atomic E-state index is -3.55. The summed E-state index contributed by atoms with van der Waals surface area (Å²) in [4.78, 5) is 1.27. The number of aryl methyl sites for hydroxylation is 2. The maximum Gasteiger partial charge on any atom is 0.240 e. The van der Waals surface area contributed by atoms with Gasteiger partial charge in [-0.25, -0.2) is 13.1 Å². The molecule has 0 aliphatic carbocycles. The third-order valence-corrected chi connectivity index (χ3v) is 5.98. The van der Waals surface area contributed by atoms with Crippen molar-refractivity contribution >= 4 is 27.0 Å². The average molecular weight is 324 g/mol. The van der Waals surface area contributed by atoms with Gasteiger partial charge in [0, 0.05) is 17.1 Å². The average Bonchev–Trinajstić information content (AvgIpc) is 2.89. The lowest BCUT2D eigenvalue weighted by Crippen LogP contribution is -2.23. The van der Waals surface area contributed by atoms with Crippen LogP contribution < -0.4 is 10.5 Å². The molecule has 4 nitrogen and oxygen atoms in total. The highest BCUT2D eigenvalue weighted by Crippen LogP contribution is 2.22. The first-order valence-electron chi connectivity index (χ1n) is 6.76. The third-order valence-electron chi connectivity index (χ3n) is 3.63. The Bertz CT molecular complexity index is 726. The summed E-state index contributed by atoms with van der Waals surface area (Å²) in [6.45, 7) is 6.12. The predicted octanol–water partition coefficient (Wildman–Crippen LogP) is 2.99. The van der Waals surface area contributed by atoms with Crippen molar-refractivity contribution in [3.05, 3.63) is 45.1 Å². The van der Waals surface area contributed by atoms with E-state index in [0.29, 0.717) is 12.2 Å². The van der Waals surface area contributed by atoms with E-state index in [1.54, 1.807) is 17.4 Å². The van der Waals surface area contributed by atoms with Gasteiger partial charge in [-0.15, -0.1) is 11.3 Å². The molecule has 0 atom stereocenters. The van der Waals surface area contributed by atoms with E-state index >= 15 is 0 Å². The molecular formula is C15H20N2O2S2. The van der Waals surface area contributed by atoms with Gasteiger partial charge < -0.3 is 5.73 Å². The van der Waals surface area contributed by atoms with Crippen LogP contribution in [0.15, 0.2) is 28.5 Å². The molecule has 2 aromatic rings. The van der Waals surface area contributed by atoms with Crippen molar-refractivity contribution in [1.82, 2.24) is 4.72 Å². The van der Waals surface area contributed by atoms with E-state index in [-0.39, 0.29) is 4.90 Å². The maximum atomic E-state index is 12.4. The van der Waals surface area contributed by atoms with Gasteiger partial charge in [0.1, 0.15) is 0 Å². The van der Waals surface area contributed by atoms with Gasteiger partial charge in [0.2, 0.25) is 10.0 Å². The zero-order chi connectivity index (χ0) is 15.6. The molecule has 0 saturated heterocycles. The van der Waals surface area contributed by atoms with E-state index in [9.17, 15) is 8.42 Å². The standard InChI is InChI=1S/C15H20N2O2S2/c1-4-12-5-6-20-15(12)9-17-21(18,19)13-7-10(2)11(3)14(16)8-13/h5-8,17H,4,9,16H2,1-3H3. The molecule has 0 aliphatic heterocycles. The Morgan fingerprint density at radius 2 is 2.00 bits per heavy atom. The smallest absolute Gasteiger partial charge is 0.240 e. The zero-order valence-electron chi connectivity index (χ0n) is 12.4. The summed E-state index contributed by atoms with van der Waals surface area (Å²) < 4.78 is 27.4. The summed E-state index contributed by atoms with van der Waals surface area (Å²) in [5.74, 6) is 0. The molecule has 0 unspecified atom stereocenters. The molecule has 0 saturated carbocycles. The van der Waals surface area contributed by atoms with Crippen molar-refractivity contribution in [3.8, 4) is 0 Å². The number of nitrogens with two attached hydrogens (primary N) is 1. The Morgan fingerprint density at radius 1 is 1.29 bits per heavy atom. The van der Waals surface area contributed by atoms with E-state index < -0.39 is 10.0 Å². The van der Waals surface area contributed by atoms with Crippen LogP contribution in [-0.2, 0) is 23.0 Å². The summed E-state index contributed by atoms with van der Waals surface area (Å²) in [6.07, 6.45) is 0.900. The Morgan fingerprint density at radius 3 is 2.62 bits per heavy atom. The molecule has 2 rings (SSSR count). The lowest BCUT2D eigenvalue weighted by atomic mass is 10.1. The Kier molecular flexibility index (Phi) is 4.70. The minimum Gasteiger partial charge on any atom is -0.398 e. The Balaban J connectivity index is 2.23. The van der Waals surface area contributed by atoms with Gasteiger partial charge in [0.25, 0.3) is 0 Å². The summed E-state index contributed by atoms with van der Waals surface area (Å²) in [6, 6.07) is 5.20. The van der Waals surface area contributed by atoms with Gasteiger partial charge in [-0.3, -0.25) is 0 Å². The number of rotatable bonds is 5. The molecule has 0 amide bonds. The highest BCUT2D eigenvalue weighted by molar-refractivity contribution is 7.89. The van der Waals surface area contributed by atoms with E-state index in [1.165, 1.54) is 11.6 Å². The monoisotopic (exact) mass is 324 g/mol. The third kappa shape index (κ3) is 3.45. The molecule has 0 radical (unpaired) electrons. The van der Waals surface area contributed by atoms with Crippen molar-refractivity contribution < 1.29 is 8.42 Å². The number of sulfonamides is 1. The van der Waals surface area contributed by atoms with Crippen LogP contribution in [0, 0.1) is 13.8 Å². The van der Waals surface area contributed by atoms with Crippen molar-refractivity contribution in [2.45, 2.75) is 38.6 Å². The largest absolute Gasteiger partial charge is 0.398 e. The molecule has 6 heteroatoms. The number of hydrogen-bond acceptors (Lipinski definition) is 4. The zero-order valence-corrected chi connectivity index (χ0v) is 14.1. The van der Waals surface area contributed by atoms with Gasteiger partial charge in [0.15, 0.2) is 0 Å². The van der Waals surface area contributed by atoms with Crippen molar-refractivity contribution in [2.75, 3.05) is 5.73 Å². The second-order valence-electron chi connectivity index (χ2n) is 5.00. The van der Waals surface area contributed by atoms with Crippen molar-refractivity contribution in [2.24, 2.45) is 0 Å². The molecule has 1 heterocycles. The summed E-state index contributed by atoms with van der Waals surface area (Å²) in [5.41, 5.74) is 9.34. The van der Waals surface area contributed by atoms with Crippen LogP contribution in [0.1, 0.15) is 28.5 Å². The first-order chi connectivity index (χ1) is 9.85. The number of benzene rings is 1. The molecule has 0 fully saturated rings. The predicted molar refractivity (Wildman–Crippen MR) is 88.1 cm³/mol. The molecule has 21 heavy (non-hydrogen) atoms. The highest BCUT2D eigenvalue weighted by atomic mass is 32.2. The van der Waals surface area contributed by atoms with E-state index in [2.05, 4.69) is 11.6 Å². The van der Waals surface area contributed by atoms with Crippen molar-refractivity contribution in [3.63, 3.8) is 0 Å². The van der Waals surface area contributed by atoms with Crippen LogP contribution in [0.25, 0.3) is 0 Å². The summed E-state index contributed by atoms with van der Waals surface area (Å²) >= 11 is 1.57. The van der Waals surface area contributed by atoms with E-state index in [0.717, 1.165) is 22.4 Å². The van der Waals surface area contributed by atoms with Crippen molar-refractivity contribution in [1.29, 1.82) is 0 Å². The summed E-state index contributed by atoms with van der Waals surface area (Å²) in [7, 11) is -3.55. The molecule has 0 aliphatic rings. The second-order valence-corrected chi connectivity index (χ2v) is 7.77. The van der Waals surface area contributed by atoms with Gasteiger partial charge in [-0.1, -0.05) is 6.92 Å². The van der Waals surface area contributed by atoms with Crippen LogP contribution in [-0.4, -0.2) is 8.42 Å². The van der Waals surface area contributed by atoms with E-state index in [4.69, 9.17) is 5.73 Å². The van der Waals surface area contributed by atoms with Gasteiger partial charge >= 0.3 is 0 Å². The number of thiophene rings is 1.